The average Bonchev–Trinajstić information content (AvgIpc) is 2.56. The molecule has 0 atom stereocenters. The number of benzene rings is 2. The van der Waals surface area contributed by atoms with E-state index in [0.717, 1.165) is 5.69 Å². The van der Waals surface area contributed by atoms with Gasteiger partial charge in [-0.25, -0.2) is 14.4 Å². The molecule has 0 bridgehead atoms. The highest BCUT2D eigenvalue weighted by Crippen LogP contribution is 2.20. The molecule has 0 fully saturated rings. The number of aromatic nitrogens is 2. The molecular weight excluding hydrogens is 327 g/mol. The lowest BCUT2D eigenvalue weighted by Gasteiger charge is -2.11. The quantitative estimate of drug-likeness (QED) is 0.690. The van der Waals surface area contributed by atoms with Crippen LogP contribution in [0.1, 0.15) is 11.4 Å². The second-order valence-corrected chi connectivity index (χ2v) is 5.70. The first-order valence-electron chi connectivity index (χ1n) is 7.46. The van der Waals surface area contributed by atoms with Crippen molar-refractivity contribution >= 4 is 28.9 Å². The van der Waals surface area contributed by atoms with E-state index in [1.165, 1.54) is 6.07 Å². The van der Waals surface area contributed by atoms with Crippen LogP contribution < -0.4 is 10.6 Å². The summed E-state index contributed by atoms with van der Waals surface area (Å²) in [6.07, 6.45) is 0. The predicted octanol–water partition coefficient (Wildman–Crippen LogP) is 4.93. The molecular formula is C18H16ClFN4. The van der Waals surface area contributed by atoms with Crippen molar-refractivity contribution in [2.75, 3.05) is 10.6 Å². The van der Waals surface area contributed by atoms with Gasteiger partial charge in [0.05, 0.1) is 0 Å². The fraction of sp³-hybridized carbons (Fsp3) is 0.111. The third-order valence-electron chi connectivity index (χ3n) is 3.37. The lowest BCUT2D eigenvalue weighted by atomic mass is 10.2. The lowest BCUT2D eigenvalue weighted by Crippen LogP contribution is -2.06. The highest BCUT2D eigenvalue weighted by molar-refractivity contribution is 6.30. The molecule has 0 saturated heterocycles. The van der Waals surface area contributed by atoms with Crippen molar-refractivity contribution in [2.24, 2.45) is 0 Å². The van der Waals surface area contributed by atoms with Crippen LogP contribution in [0.3, 0.4) is 0 Å². The normalized spacial score (nSPS) is 10.5. The molecule has 2 N–H and O–H groups in total. The van der Waals surface area contributed by atoms with Crippen molar-refractivity contribution in [2.45, 2.75) is 13.5 Å². The van der Waals surface area contributed by atoms with Crippen molar-refractivity contribution in [3.05, 3.63) is 76.8 Å². The number of rotatable bonds is 5. The Hall–Kier alpha value is -2.66. The van der Waals surface area contributed by atoms with Crippen molar-refractivity contribution in [3.63, 3.8) is 0 Å². The predicted molar refractivity (Wildman–Crippen MR) is 95.2 cm³/mol. The van der Waals surface area contributed by atoms with Crippen LogP contribution in [0.2, 0.25) is 5.02 Å². The Morgan fingerprint density at radius 2 is 1.71 bits per heavy atom. The first-order chi connectivity index (χ1) is 11.6. The zero-order valence-corrected chi connectivity index (χ0v) is 13.8. The number of nitrogens with zero attached hydrogens (tertiary/aromatic N) is 2. The third-order valence-corrected chi connectivity index (χ3v) is 3.62. The number of anilines is 3. The third kappa shape index (κ3) is 4.20. The summed E-state index contributed by atoms with van der Waals surface area (Å²) >= 11 is 5.88. The summed E-state index contributed by atoms with van der Waals surface area (Å²) in [5, 5.41) is 7.00. The van der Waals surface area contributed by atoms with Gasteiger partial charge in [-0.3, -0.25) is 0 Å². The van der Waals surface area contributed by atoms with Gasteiger partial charge in [0.2, 0.25) is 0 Å². The first-order valence-corrected chi connectivity index (χ1v) is 7.83. The minimum absolute atomic E-state index is 0.240. The Bertz CT molecular complexity index is 837. The van der Waals surface area contributed by atoms with E-state index < -0.39 is 0 Å². The number of aryl methyl sites for hydroxylation is 1. The van der Waals surface area contributed by atoms with Crippen LogP contribution >= 0.6 is 11.6 Å². The standard InChI is InChI=1S/C18H16ClFN4/c1-12-22-17(21-11-13-4-2-3-5-16(13)20)10-18(23-12)24-15-8-6-14(19)7-9-15/h2-10H,11H2,1H3,(H2,21,22,23,24). The summed E-state index contributed by atoms with van der Waals surface area (Å²) in [4.78, 5) is 8.68. The van der Waals surface area contributed by atoms with Gasteiger partial charge in [-0.15, -0.1) is 0 Å². The highest BCUT2D eigenvalue weighted by Gasteiger charge is 2.05. The maximum atomic E-state index is 13.7. The molecule has 6 heteroatoms. The van der Waals surface area contributed by atoms with Gasteiger partial charge in [0, 0.05) is 28.9 Å². The average molecular weight is 343 g/mol. The summed E-state index contributed by atoms with van der Waals surface area (Å²) in [6, 6.07) is 15.8. The SMILES string of the molecule is Cc1nc(NCc2ccccc2F)cc(Nc2ccc(Cl)cc2)n1. The summed E-state index contributed by atoms with van der Waals surface area (Å²) in [5.74, 6) is 1.66. The largest absolute Gasteiger partial charge is 0.366 e. The molecule has 122 valence electrons. The number of nitrogens with one attached hydrogen (secondary N) is 2. The molecule has 0 amide bonds. The van der Waals surface area contributed by atoms with E-state index in [1.54, 1.807) is 43.3 Å². The van der Waals surface area contributed by atoms with Crippen molar-refractivity contribution in [1.82, 2.24) is 9.97 Å². The van der Waals surface area contributed by atoms with Gasteiger partial charge in [0.25, 0.3) is 0 Å². The second kappa shape index (κ2) is 7.27. The van der Waals surface area contributed by atoms with E-state index in [0.29, 0.717) is 34.6 Å². The molecule has 0 aliphatic rings. The van der Waals surface area contributed by atoms with Crippen LogP contribution in [0.4, 0.5) is 21.7 Å². The summed E-state index contributed by atoms with van der Waals surface area (Å²) in [5.41, 5.74) is 1.46. The Morgan fingerprint density at radius 1 is 1.00 bits per heavy atom. The Balaban J connectivity index is 1.74. The summed E-state index contributed by atoms with van der Waals surface area (Å²) in [7, 11) is 0. The Kier molecular flexibility index (Phi) is 4.91. The summed E-state index contributed by atoms with van der Waals surface area (Å²) < 4.78 is 13.7. The number of hydrogen-bond donors (Lipinski definition) is 2. The fourth-order valence-corrected chi connectivity index (χ4v) is 2.36. The monoisotopic (exact) mass is 342 g/mol. The fourth-order valence-electron chi connectivity index (χ4n) is 2.23. The first kappa shape index (κ1) is 16.2. The Morgan fingerprint density at radius 3 is 2.46 bits per heavy atom. The zero-order valence-electron chi connectivity index (χ0n) is 13.1. The molecule has 0 aliphatic heterocycles. The lowest BCUT2D eigenvalue weighted by molar-refractivity contribution is 0.613. The van der Waals surface area contributed by atoms with Crippen molar-refractivity contribution in [3.8, 4) is 0 Å². The Labute approximate surface area is 144 Å². The maximum absolute atomic E-state index is 13.7. The van der Waals surface area contributed by atoms with Gasteiger partial charge >= 0.3 is 0 Å². The van der Waals surface area contributed by atoms with E-state index in [4.69, 9.17) is 11.6 Å². The highest BCUT2D eigenvalue weighted by atomic mass is 35.5. The molecule has 0 spiro atoms. The molecule has 2 aromatic carbocycles. The topological polar surface area (TPSA) is 49.8 Å². The van der Waals surface area contributed by atoms with Crippen LogP contribution in [0.25, 0.3) is 0 Å². The molecule has 0 unspecified atom stereocenters. The van der Waals surface area contributed by atoms with Crippen molar-refractivity contribution < 1.29 is 4.39 Å². The second-order valence-electron chi connectivity index (χ2n) is 5.26. The van der Waals surface area contributed by atoms with Gasteiger partial charge in [0.1, 0.15) is 23.3 Å². The maximum Gasteiger partial charge on any atom is 0.136 e. The molecule has 1 aromatic heterocycles. The minimum atomic E-state index is -0.240. The van der Waals surface area contributed by atoms with Crippen LogP contribution in [0, 0.1) is 12.7 Å². The summed E-state index contributed by atoms with van der Waals surface area (Å²) in [6.45, 7) is 2.16. The number of halogens is 2. The van der Waals surface area contributed by atoms with Gasteiger partial charge in [-0.05, 0) is 37.3 Å². The van der Waals surface area contributed by atoms with E-state index >= 15 is 0 Å². The van der Waals surface area contributed by atoms with Crippen molar-refractivity contribution in [1.29, 1.82) is 0 Å². The molecule has 1 heterocycles. The molecule has 0 radical (unpaired) electrons. The molecule has 0 saturated carbocycles. The van der Waals surface area contributed by atoms with Gasteiger partial charge < -0.3 is 10.6 Å². The smallest absolute Gasteiger partial charge is 0.136 e. The molecule has 3 rings (SSSR count). The molecule has 0 aliphatic carbocycles. The van der Waals surface area contributed by atoms with E-state index in [9.17, 15) is 4.39 Å². The molecule has 3 aromatic rings. The number of hydrogen-bond acceptors (Lipinski definition) is 4. The van der Waals surface area contributed by atoms with Gasteiger partial charge in [-0.2, -0.15) is 0 Å². The van der Waals surface area contributed by atoms with Gasteiger partial charge in [0.15, 0.2) is 0 Å². The van der Waals surface area contributed by atoms with Crippen LogP contribution in [-0.2, 0) is 6.54 Å². The van der Waals surface area contributed by atoms with E-state index in [2.05, 4.69) is 20.6 Å². The molecule has 24 heavy (non-hydrogen) atoms. The molecule has 4 nitrogen and oxygen atoms in total. The minimum Gasteiger partial charge on any atom is -0.366 e. The van der Waals surface area contributed by atoms with Crippen LogP contribution in [0.15, 0.2) is 54.6 Å². The van der Waals surface area contributed by atoms with E-state index in [-0.39, 0.29) is 5.82 Å². The van der Waals surface area contributed by atoms with Gasteiger partial charge in [-0.1, -0.05) is 29.8 Å². The van der Waals surface area contributed by atoms with Crippen LogP contribution in [0.5, 0.6) is 0 Å². The van der Waals surface area contributed by atoms with E-state index in [1.807, 2.05) is 12.1 Å². The zero-order chi connectivity index (χ0) is 16.9. The van der Waals surface area contributed by atoms with Crippen LogP contribution in [-0.4, -0.2) is 9.97 Å².